The molecule has 120 valence electrons. The van der Waals surface area contributed by atoms with Crippen LogP contribution in [-0.4, -0.2) is 50.8 Å². The second-order valence-electron chi connectivity index (χ2n) is 5.88. The van der Waals surface area contributed by atoms with Gasteiger partial charge in [-0.1, -0.05) is 13.8 Å². The molecule has 1 fully saturated rings. The first-order chi connectivity index (χ1) is 9.13. The molecule has 0 bridgehead atoms. The monoisotopic (exact) mass is 397 g/mol. The van der Waals surface area contributed by atoms with E-state index in [4.69, 9.17) is 9.73 Å². The van der Waals surface area contributed by atoms with Crippen molar-refractivity contribution in [2.45, 2.75) is 40.0 Å². The van der Waals surface area contributed by atoms with E-state index in [9.17, 15) is 0 Å². The lowest BCUT2D eigenvalue weighted by Crippen LogP contribution is -2.41. The van der Waals surface area contributed by atoms with Gasteiger partial charge in [-0.25, -0.2) is 0 Å². The summed E-state index contributed by atoms with van der Waals surface area (Å²) in [6, 6.07) is 0. The van der Waals surface area contributed by atoms with Gasteiger partial charge in [0.05, 0.1) is 6.61 Å². The Bertz CT molecular complexity index is 266. The maximum atomic E-state index is 5.44. The highest BCUT2D eigenvalue weighted by Gasteiger charge is 2.18. The van der Waals surface area contributed by atoms with Crippen molar-refractivity contribution in [3.05, 3.63) is 0 Å². The minimum atomic E-state index is 0. The normalized spacial score (nSPS) is 19.1. The van der Waals surface area contributed by atoms with Crippen LogP contribution in [0.2, 0.25) is 0 Å². The molecular weight excluding hydrogens is 365 g/mol. The molecule has 0 aromatic rings. The van der Waals surface area contributed by atoms with E-state index in [2.05, 4.69) is 38.0 Å². The third kappa shape index (κ3) is 8.29. The van der Waals surface area contributed by atoms with Gasteiger partial charge in [-0.3, -0.25) is 4.99 Å². The first-order valence-electron chi connectivity index (χ1n) is 7.70. The first-order valence-corrected chi connectivity index (χ1v) is 7.70. The van der Waals surface area contributed by atoms with Crippen LogP contribution in [0.15, 0.2) is 4.99 Å². The van der Waals surface area contributed by atoms with Gasteiger partial charge in [-0.15, -0.1) is 24.0 Å². The average molecular weight is 397 g/mol. The van der Waals surface area contributed by atoms with Gasteiger partial charge in [0.1, 0.15) is 0 Å². The Hall–Kier alpha value is -0.0400. The quantitative estimate of drug-likeness (QED) is 0.311. The number of ether oxygens (including phenoxy) is 1. The van der Waals surface area contributed by atoms with Crippen LogP contribution in [0.5, 0.6) is 0 Å². The van der Waals surface area contributed by atoms with Crippen LogP contribution in [0, 0.1) is 11.8 Å². The van der Waals surface area contributed by atoms with E-state index < -0.39 is 0 Å². The summed E-state index contributed by atoms with van der Waals surface area (Å²) in [6.07, 6.45) is 3.60. The molecule has 4 nitrogen and oxygen atoms in total. The van der Waals surface area contributed by atoms with Crippen molar-refractivity contribution in [3.63, 3.8) is 0 Å². The van der Waals surface area contributed by atoms with E-state index in [0.29, 0.717) is 5.92 Å². The first kappa shape index (κ1) is 20.0. The number of nitrogens with zero attached hydrogens (tertiary/aromatic N) is 2. The van der Waals surface area contributed by atoms with Gasteiger partial charge < -0.3 is 15.0 Å². The fourth-order valence-corrected chi connectivity index (χ4v) is 2.36. The van der Waals surface area contributed by atoms with Gasteiger partial charge in [-0.05, 0) is 32.1 Å². The van der Waals surface area contributed by atoms with E-state index in [1.165, 1.54) is 19.3 Å². The zero-order chi connectivity index (χ0) is 14.1. The summed E-state index contributed by atoms with van der Waals surface area (Å²) >= 11 is 0. The molecule has 1 atom stereocenters. The van der Waals surface area contributed by atoms with Crippen molar-refractivity contribution in [3.8, 4) is 0 Å². The topological polar surface area (TPSA) is 36.9 Å². The molecule has 0 aromatic heterocycles. The van der Waals surface area contributed by atoms with Crippen molar-refractivity contribution in [1.29, 1.82) is 0 Å². The maximum Gasteiger partial charge on any atom is 0.193 e. The number of rotatable bonds is 7. The zero-order valence-electron chi connectivity index (χ0n) is 13.5. The molecule has 1 aliphatic heterocycles. The highest BCUT2D eigenvalue weighted by molar-refractivity contribution is 14.0. The molecule has 1 unspecified atom stereocenters. The largest absolute Gasteiger partial charge is 0.381 e. The van der Waals surface area contributed by atoms with Crippen molar-refractivity contribution in [2.75, 3.05) is 39.9 Å². The lowest BCUT2D eigenvalue weighted by molar-refractivity contribution is 0.181. The smallest absolute Gasteiger partial charge is 0.193 e. The van der Waals surface area contributed by atoms with Gasteiger partial charge >= 0.3 is 0 Å². The Balaban J connectivity index is 0.00000361. The molecule has 20 heavy (non-hydrogen) atoms. The molecule has 0 radical (unpaired) electrons. The van der Waals surface area contributed by atoms with Gasteiger partial charge in [0.25, 0.3) is 0 Å². The van der Waals surface area contributed by atoms with E-state index in [-0.39, 0.29) is 24.0 Å². The molecule has 0 aliphatic carbocycles. The number of guanidine groups is 1. The molecular formula is C15H32IN3O. The molecule has 1 heterocycles. The Morgan fingerprint density at radius 2 is 2.20 bits per heavy atom. The number of nitrogens with one attached hydrogen (secondary N) is 1. The molecule has 1 saturated heterocycles. The molecule has 1 rings (SSSR count). The summed E-state index contributed by atoms with van der Waals surface area (Å²) < 4.78 is 5.44. The molecule has 0 saturated carbocycles. The van der Waals surface area contributed by atoms with E-state index in [0.717, 1.165) is 44.7 Å². The summed E-state index contributed by atoms with van der Waals surface area (Å²) in [4.78, 5) is 6.97. The summed E-state index contributed by atoms with van der Waals surface area (Å²) in [5.74, 6) is 2.47. The molecule has 1 N–H and O–H groups in total. The minimum absolute atomic E-state index is 0. The Kier molecular flexibility index (Phi) is 11.6. The summed E-state index contributed by atoms with van der Waals surface area (Å²) in [6.45, 7) is 11.4. The highest BCUT2D eigenvalue weighted by Crippen LogP contribution is 2.13. The van der Waals surface area contributed by atoms with E-state index in [1.54, 1.807) is 0 Å². The van der Waals surface area contributed by atoms with Crippen molar-refractivity contribution in [2.24, 2.45) is 16.8 Å². The lowest BCUT2D eigenvalue weighted by Gasteiger charge is -2.24. The van der Waals surface area contributed by atoms with Gasteiger partial charge in [-0.2, -0.15) is 0 Å². The fraction of sp³-hybridized carbons (Fsp3) is 0.933. The third-order valence-corrected chi connectivity index (χ3v) is 3.45. The van der Waals surface area contributed by atoms with Crippen LogP contribution in [0.4, 0.5) is 0 Å². The van der Waals surface area contributed by atoms with Crippen LogP contribution in [0.25, 0.3) is 0 Å². The van der Waals surface area contributed by atoms with Crippen molar-refractivity contribution < 1.29 is 4.74 Å². The number of hydrogen-bond acceptors (Lipinski definition) is 2. The maximum absolute atomic E-state index is 5.44. The van der Waals surface area contributed by atoms with Crippen molar-refractivity contribution >= 4 is 29.9 Å². The predicted molar refractivity (Wildman–Crippen MR) is 97.0 cm³/mol. The second-order valence-corrected chi connectivity index (χ2v) is 5.88. The minimum Gasteiger partial charge on any atom is -0.381 e. The Labute approximate surface area is 141 Å². The summed E-state index contributed by atoms with van der Waals surface area (Å²) in [5.41, 5.74) is 0. The average Bonchev–Trinajstić information content (AvgIpc) is 2.85. The SMILES string of the molecule is CCNC(=NCCCC(C)C)N(C)CC1CCOC1.I. The van der Waals surface area contributed by atoms with E-state index in [1.807, 2.05) is 0 Å². The molecule has 0 spiro atoms. The summed E-state index contributed by atoms with van der Waals surface area (Å²) in [5, 5.41) is 3.38. The molecule has 5 heteroatoms. The van der Waals surface area contributed by atoms with Crippen LogP contribution in [0.1, 0.15) is 40.0 Å². The van der Waals surface area contributed by atoms with Gasteiger partial charge in [0, 0.05) is 39.2 Å². The zero-order valence-corrected chi connectivity index (χ0v) is 15.9. The standard InChI is InChI=1S/C15H31N3O.HI/c1-5-16-15(17-9-6-7-13(2)3)18(4)11-14-8-10-19-12-14;/h13-14H,5-12H2,1-4H3,(H,16,17);1H. The van der Waals surface area contributed by atoms with Crippen LogP contribution >= 0.6 is 24.0 Å². The van der Waals surface area contributed by atoms with Crippen molar-refractivity contribution in [1.82, 2.24) is 10.2 Å². The molecule has 0 aromatic carbocycles. The number of halogens is 1. The third-order valence-electron chi connectivity index (χ3n) is 3.45. The number of hydrogen-bond donors (Lipinski definition) is 1. The number of aliphatic imine (C=N–C) groups is 1. The second kappa shape index (κ2) is 11.6. The Morgan fingerprint density at radius 3 is 2.75 bits per heavy atom. The molecule has 0 amide bonds. The van der Waals surface area contributed by atoms with E-state index >= 15 is 0 Å². The fourth-order valence-electron chi connectivity index (χ4n) is 2.36. The van der Waals surface area contributed by atoms with Crippen LogP contribution in [-0.2, 0) is 4.74 Å². The Morgan fingerprint density at radius 1 is 1.45 bits per heavy atom. The van der Waals surface area contributed by atoms with Crippen LogP contribution < -0.4 is 5.32 Å². The predicted octanol–water partition coefficient (Wildman–Crippen LogP) is 2.97. The van der Waals surface area contributed by atoms with Gasteiger partial charge in [0.15, 0.2) is 5.96 Å². The van der Waals surface area contributed by atoms with Gasteiger partial charge in [0.2, 0.25) is 0 Å². The summed E-state index contributed by atoms with van der Waals surface area (Å²) in [7, 11) is 2.13. The van der Waals surface area contributed by atoms with Crippen LogP contribution in [0.3, 0.4) is 0 Å². The lowest BCUT2D eigenvalue weighted by atomic mass is 10.1. The molecule has 1 aliphatic rings. The highest BCUT2D eigenvalue weighted by atomic mass is 127.